The highest BCUT2D eigenvalue weighted by Gasteiger charge is 2.50. The maximum Gasteiger partial charge on any atom is 0.309 e. The van der Waals surface area contributed by atoms with E-state index in [1.165, 1.54) is 77.0 Å². The summed E-state index contributed by atoms with van der Waals surface area (Å²) in [4.78, 5) is 28.4. The van der Waals surface area contributed by atoms with Gasteiger partial charge in [0.05, 0.1) is 18.4 Å². The van der Waals surface area contributed by atoms with Crippen molar-refractivity contribution in [1.82, 2.24) is 4.90 Å². The van der Waals surface area contributed by atoms with E-state index in [0.29, 0.717) is 31.1 Å². The van der Waals surface area contributed by atoms with Crippen LogP contribution in [0.5, 0.6) is 0 Å². The van der Waals surface area contributed by atoms with Crippen molar-refractivity contribution in [1.29, 1.82) is 0 Å². The van der Waals surface area contributed by atoms with Crippen LogP contribution in [-0.2, 0) is 23.8 Å². The Bertz CT molecular complexity index is 727. The lowest BCUT2D eigenvalue weighted by Crippen LogP contribution is -2.48. The molecule has 4 bridgehead atoms. The highest BCUT2D eigenvalue weighted by atomic mass is 16.6. The van der Waals surface area contributed by atoms with Gasteiger partial charge in [-0.05, 0) is 100 Å². The molecule has 6 fully saturated rings. The zero-order valence-corrected chi connectivity index (χ0v) is 23.3. The lowest BCUT2D eigenvalue weighted by atomic mass is 9.49. The first-order valence-electron chi connectivity index (χ1n) is 15.6. The van der Waals surface area contributed by atoms with Crippen LogP contribution in [-0.4, -0.2) is 62.9 Å². The van der Waals surface area contributed by atoms with E-state index in [4.69, 9.17) is 14.2 Å². The Kier molecular flexibility index (Phi) is 9.49. The summed E-state index contributed by atoms with van der Waals surface area (Å²) in [5.41, 5.74) is 0.594. The lowest BCUT2D eigenvalue weighted by Gasteiger charge is -2.57. The zero-order valence-electron chi connectivity index (χ0n) is 23.3. The second-order valence-corrected chi connectivity index (χ2v) is 13.3. The van der Waals surface area contributed by atoms with Crippen molar-refractivity contribution < 1.29 is 23.8 Å². The summed E-state index contributed by atoms with van der Waals surface area (Å²) in [5, 5.41) is 0. The van der Waals surface area contributed by atoms with Gasteiger partial charge in [-0.3, -0.25) is 14.5 Å². The third-order valence-electron chi connectivity index (χ3n) is 10.7. The van der Waals surface area contributed by atoms with Crippen LogP contribution in [0.2, 0.25) is 0 Å². The van der Waals surface area contributed by atoms with E-state index < -0.39 is 0 Å². The van der Waals surface area contributed by atoms with Gasteiger partial charge in [-0.15, -0.1) is 0 Å². The topological polar surface area (TPSA) is 65.1 Å². The molecule has 37 heavy (non-hydrogen) atoms. The Labute approximate surface area is 224 Å². The van der Waals surface area contributed by atoms with Gasteiger partial charge in [0.15, 0.2) is 0 Å². The number of nitrogens with zero attached hydrogens (tertiary/aromatic N) is 1. The van der Waals surface area contributed by atoms with Crippen molar-refractivity contribution in [3.8, 4) is 0 Å². The molecule has 6 nitrogen and oxygen atoms in total. The first-order valence-corrected chi connectivity index (χ1v) is 15.6. The van der Waals surface area contributed by atoms with Crippen molar-refractivity contribution in [3.05, 3.63) is 0 Å². The van der Waals surface area contributed by atoms with Crippen LogP contribution >= 0.6 is 0 Å². The number of carbonyl (C=O) groups is 2. The molecule has 6 aliphatic carbocycles. The molecule has 0 aromatic rings. The molecule has 0 N–H and O–H groups in total. The Balaban J connectivity index is 1.13. The number of esters is 2. The third kappa shape index (κ3) is 6.90. The fourth-order valence-electron chi connectivity index (χ4n) is 9.30. The average molecular weight is 518 g/mol. The molecule has 6 saturated carbocycles. The summed E-state index contributed by atoms with van der Waals surface area (Å²) in [7, 11) is 1.59. The van der Waals surface area contributed by atoms with Crippen LogP contribution in [0.15, 0.2) is 0 Å². The molecule has 2 unspecified atom stereocenters. The van der Waals surface area contributed by atoms with Gasteiger partial charge in [0, 0.05) is 19.7 Å². The molecule has 0 aromatic heterocycles. The van der Waals surface area contributed by atoms with Gasteiger partial charge in [-0.2, -0.15) is 0 Å². The Morgan fingerprint density at radius 3 is 1.81 bits per heavy atom. The van der Waals surface area contributed by atoms with E-state index in [2.05, 4.69) is 4.90 Å². The summed E-state index contributed by atoms with van der Waals surface area (Å²) < 4.78 is 16.3. The summed E-state index contributed by atoms with van der Waals surface area (Å²) in [6.07, 6.45) is 20.2. The predicted octanol–water partition coefficient (Wildman–Crippen LogP) is 5.77. The lowest BCUT2D eigenvalue weighted by molar-refractivity contribution is -0.163. The fourth-order valence-corrected chi connectivity index (χ4v) is 9.30. The highest BCUT2D eigenvalue weighted by Crippen LogP contribution is 2.61. The maximum absolute atomic E-state index is 13.1. The van der Waals surface area contributed by atoms with Crippen LogP contribution in [0, 0.1) is 35.0 Å². The summed E-state index contributed by atoms with van der Waals surface area (Å²) in [6, 6.07) is 0.638. The molecule has 0 spiro atoms. The Hall–Kier alpha value is -1.14. The van der Waals surface area contributed by atoms with Crippen LogP contribution < -0.4 is 0 Å². The van der Waals surface area contributed by atoms with Crippen molar-refractivity contribution in [2.75, 3.05) is 40.0 Å². The minimum absolute atomic E-state index is 0.196. The molecule has 0 saturated heterocycles. The van der Waals surface area contributed by atoms with Gasteiger partial charge in [-0.1, -0.05) is 32.1 Å². The minimum Gasteiger partial charge on any atom is -0.464 e. The van der Waals surface area contributed by atoms with E-state index in [9.17, 15) is 9.59 Å². The molecule has 0 heterocycles. The van der Waals surface area contributed by atoms with E-state index in [1.54, 1.807) is 7.11 Å². The largest absolute Gasteiger partial charge is 0.464 e. The van der Waals surface area contributed by atoms with E-state index in [-0.39, 0.29) is 30.4 Å². The summed E-state index contributed by atoms with van der Waals surface area (Å²) in [6.45, 7) is 3.06. The first kappa shape index (κ1) is 27.4. The van der Waals surface area contributed by atoms with E-state index in [1.807, 2.05) is 0 Å². The van der Waals surface area contributed by atoms with Crippen molar-refractivity contribution >= 4 is 11.9 Å². The van der Waals surface area contributed by atoms with Gasteiger partial charge in [0.2, 0.25) is 0 Å². The Morgan fingerprint density at radius 2 is 1.24 bits per heavy atom. The summed E-state index contributed by atoms with van der Waals surface area (Å²) >= 11 is 0. The number of methoxy groups -OCH3 is 1. The molecule has 6 heteroatoms. The smallest absolute Gasteiger partial charge is 0.309 e. The van der Waals surface area contributed by atoms with Crippen molar-refractivity contribution in [2.24, 2.45) is 35.0 Å². The second kappa shape index (κ2) is 12.8. The molecule has 6 aliphatic rings. The molecule has 0 aromatic carbocycles. The normalized spacial score (nSPS) is 35.6. The van der Waals surface area contributed by atoms with Crippen LogP contribution in [0.4, 0.5) is 0 Å². The van der Waals surface area contributed by atoms with Crippen LogP contribution in [0.25, 0.3) is 0 Å². The van der Waals surface area contributed by atoms with Gasteiger partial charge in [0.25, 0.3) is 0 Å². The molecule has 210 valence electrons. The fraction of sp³-hybridized carbons (Fsp3) is 0.935. The van der Waals surface area contributed by atoms with Gasteiger partial charge in [0.1, 0.15) is 13.2 Å². The SMILES string of the molecule is COCCOC(=O)C1CCCCC1C(=O)OCCN(CCC12CC3CC(CC(C3)C1)C2)C1CCCCC1. The zero-order chi connectivity index (χ0) is 25.7. The molecule has 0 radical (unpaired) electrons. The monoisotopic (exact) mass is 517 g/mol. The molecule has 6 rings (SSSR count). The highest BCUT2D eigenvalue weighted by molar-refractivity contribution is 5.82. The van der Waals surface area contributed by atoms with Gasteiger partial charge >= 0.3 is 11.9 Å². The third-order valence-corrected chi connectivity index (χ3v) is 10.7. The number of hydrogen-bond acceptors (Lipinski definition) is 6. The maximum atomic E-state index is 13.1. The average Bonchev–Trinajstić information content (AvgIpc) is 2.90. The van der Waals surface area contributed by atoms with Gasteiger partial charge in [-0.25, -0.2) is 0 Å². The predicted molar refractivity (Wildman–Crippen MR) is 143 cm³/mol. The quantitative estimate of drug-likeness (QED) is 0.242. The van der Waals surface area contributed by atoms with Crippen molar-refractivity contribution in [3.63, 3.8) is 0 Å². The van der Waals surface area contributed by atoms with Crippen LogP contribution in [0.3, 0.4) is 0 Å². The Morgan fingerprint density at radius 1 is 0.703 bits per heavy atom. The number of hydrogen-bond donors (Lipinski definition) is 0. The number of carbonyl (C=O) groups excluding carboxylic acids is 2. The molecule has 2 atom stereocenters. The summed E-state index contributed by atoms with van der Waals surface area (Å²) in [5.74, 6) is 1.80. The molecule has 0 aliphatic heterocycles. The van der Waals surface area contributed by atoms with Gasteiger partial charge < -0.3 is 14.2 Å². The first-order chi connectivity index (χ1) is 18.0. The van der Waals surface area contributed by atoms with Crippen molar-refractivity contribution in [2.45, 2.75) is 109 Å². The van der Waals surface area contributed by atoms with E-state index >= 15 is 0 Å². The van der Waals surface area contributed by atoms with E-state index in [0.717, 1.165) is 50.1 Å². The molecular weight excluding hydrogens is 466 g/mol. The standard InChI is InChI=1S/C31H51NO5/c1-35-15-16-37-30(34)28-10-6-5-9-27(28)29(33)36-14-13-32(26-7-3-2-4-8-26)12-11-31-20-23-17-24(21-31)19-25(18-23)22-31/h23-28H,2-22H2,1H3. The number of ether oxygens (including phenoxy) is 3. The minimum atomic E-state index is -0.372. The number of rotatable bonds is 12. The second-order valence-electron chi connectivity index (χ2n) is 13.3. The van der Waals surface area contributed by atoms with Crippen LogP contribution in [0.1, 0.15) is 103 Å². The molecular formula is C31H51NO5. The molecule has 0 amide bonds.